The SMILES string of the molecule is O=C(COC(=O)c1ccc(F)cc1)Nc1c(F)cc(F)cc1Br. The molecule has 2 aromatic rings. The maximum atomic E-state index is 13.5. The maximum absolute atomic E-state index is 13.5. The predicted octanol–water partition coefficient (Wildman–Crippen LogP) is 3.66. The molecule has 0 atom stereocenters. The van der Waals surface area contributed by atoms with Crippen LogP contribution in [0.25, 0.3) is 0 Å². The fraction of sp³-hybridized carbons (Fsp3) is 0.0667. The normalized spacial score (nSPS) is 10.3. The zero-order chi connectivity index (χ0) is 17.0. The van der Waals surface area contributed by atoms with Crippen molar-refractivity contribution in [1.82, 2.24) is 0 Å². The number of carbonyl (C=O) groups excluding carboxylic acids is 2. The molecule has 0 spiro atoms. The Morgan fingerprint density at radius 3 is 2.30 bits per heavy atom. The van der Waals surface area contributed by atoms with Crippen LogP contribution in [0.5, 0.6) is 0 Å². The predicted molar refractivity (Wildman–Crippen MR) is 79.4 cm³/mol. The molecule has 0 bridgehead atoms. The minimum absolute atomic E-state index is 0.00760. The van der Waals surface area contributed by atoms with E-state index in [2.05, 4.69) is 21.2 Å². The van der Waals surface area contributed by atoms with Crippen molar-refractivity contribution in [2.75, 3.05) is 11.9 Å². The Morgan fingerprint density at radius 1 is 1.04 bits per heavy atom. The number of ether oxygens (including phenoxy) is 1. The van der Waals surface area contributed by atoms with Gasteiger partial charge in [0, 0.05) is 10.5 Å². The molecule has 120 valence electrons. The first-order valence-electron chi connectivity index (χ1n) is 6.24. The number of hydrogen-bond acceptors (Lipinski definition) is 3. The van der Waals surface area contributed by atoms with Gasteiger partial charge in [-0.2, -0.15) is 0 Å². The molecular weight excluding hydrogens is 379 g/mol. The molecule has 0 aliphatic heterocycles. The Balaban J connectivity index is 1.95. The number of rotatable bonds is 4. The Morgan fingerprint density at radius 2 is 1.70 bits per heavy atom. The van der Waals surface area contributed by atoms with E-state index in [-0.39, 0.29) is 15.7 Å². The van der Waals surface area contributed by atoms with Crippen molar-refractivity contribution in [3.63, 3.8) is 0 Å². The smallest absolute Gasteiger partial charge is 0.338 e. The number of amides is 1. The van der Waals surface area contributed by atoms with Gasteiger partial charge in [0.2, 0.25) is 0 Å². The van der Waals surface area contributed by atoms with E-state index in [0.717, 1.165) is 18.2 Å². The molecule has 4 nitrogen and oxygen atoms in total. The molecule has 0 aromatic heterocycles. The van der Waals surface area contributed by atoms with Crippen molar-refractivity contribution < 1.29 is 27.5 Å². The molecule has 0 saturated carbocycles. The van der Waals surface area contributed by atoms with Crippen LogP contribution < -0.4 is 5.32 Å². The Bertz CT molecular complexity index is 727. The van der Waals surface area contributed by atoms with Crippen molar-refractivity contribution in [2.45, 2.75) is 0 Å². The molecule has 0 fully saturated rings. The number of benzene rings is 2. The summed E-state index contributed by atoms with van der Waals surface area (Å²) in [6.45, 7) is -0.681. The Labute approximate surface area is 137 Å². The van der Waals surface area contributed by atoms with Crippen LogP contribution in [0.15, 0.2) is 40.9 Å². The van der Waals surface area contributed by atoms with Gasteiger partial charge in [-0.05, 0) is 46.3 Å². The molecule has 0 heterocycles. The molecule has 0 radical (unpaired) electrons. The van der Waals surface area contributed by atoms with E-state index < -0.39 is 35.9 Å². The van der Waals surface area contributed by atoms with Gasteiger partial charge in [-0.1, -0.05) is 0 Å². The molecule has 1 N–H and O–H groups in total. The lowest BCUT2D eigenvalue weighted by atomic mass is 10.2. The summed E-state index contributed by atoms with van der Waals surface area (Å²) in [5, 5.41) is 2.16. The highest BCUT2D eigenvalue weighted by molar-refractivity contribution is 9.10. The Kier molecular flexibility index (Phi) is 5.38. The van der Waals surface area contributed by atoms with Crippen LogP contribution in [0, 0.1) is 17.5 Å². The van der Waals surface area contributed by atoms with E-state index in [1.54, 1.807) is 0 Å². The molecule has 2 rings (SSSR count). The van der Waals surface area contributed by atoms with E-state index in [9.17, 15) is 22.8 Å². The summed E-state index contributed by atoms with van der Waals surface area (Å²) in [6.07, 6.45) is 0. The van der Waals surface area contributed by atoms with Crippen LogP contribution in [0.2, 0.25) is 0 Å². The molecule has 1 amide bonds. The monoisotopic (exact) mass is 387 g/mol. The van der Waals surface area contributed by atoms with Gasteiger partial charge < -0.3 is 10.1 Å². The summed E-state index contributed by atoms with van der Waals surface area (Å²) in [5.74, 6) is -3.95. The molecule has 0 aliphatic rings. The average molecular weight is 388 g/mol. The standard InChI is InChI=1S/C15H9BrF3NO3/c16-11-5-10(18)6-12(19)14(11)20-13(21)7-23-15(22)8-1-3-9(17)4-2-8/h1-6H,7H2,(H,20,21). The zero-order valence-electron chi connectivity index (χ0n) is 11.4. The highest BCUT2D eigenvalue weighted by Gasteiger charge is 2.15. The highest BCUT2D eigenvalue weighted by atomic mass is 79.9. The van der Waals surface area contributed by atoms with Crippen LogP contribution in [-0.2, 0) is 9.53 Å². The second-order valence-corrected chi connectivity index (χ2v) is 5.23. The summed E-state index contributed by atoms with van der Waals surface area (Å²) < 4.78 is 43.9. The van der Waals surface area contributed by atoms with Gasteiger partial charge in [0.1, 0.15) is 11.6 Å². The van der Waals surface area contributed by atoms with Gasteiger partial charge >= 0.3 is 5.97 Å². The maximum Gasteiger partial charge on any atom is 0.338 e. The number of carbonyl (C=O) groups is 2. The third-order valence-electron chi connectivity index (χ3n) is 2.69. The average Bonchev–Trinajstić information content (AvgIpc) is 2.49. The van der Waals surface area contributed by atoms with E-state index in [1.807, 2.05) is 0 Å². The summed E-state index contributed by atoms with van der Waals surface area (Å²) in [5.41, 5.74) is -0.206. The Hall–Kier alpha value is -2.35. The van der Waals surface area contributed by atoms with Gasteiger partial charge in [0.05, 0.1) is 11.3 Å². The molecule has 0 saturated heterocycles. The van der Waals surface area contributed by atoms with E-state index >= 15 is 0 Å². The van der Waals surface area contributed by atoms with E-state index in [4.69, 9.17) is 4.74 Å². The molecular formula is C15H9BrF3NO3. The first-order chi connectivity index (χ1) is 10.9. The largest absolute Gasteiger partial charge is 0.452 e. The fourth-order valence-corrected chi connectivity index (χ4v) is 2.14. The molecule has 0 aliphatic carbocycles. The highest BCUT2D eigenvalue weighted by Crippen LogP contribution is 2.26. The molecule has 23 heavy (non-hydrogen) atoms. The van der Waals surface area contributed by atoms with Crippen molar-refractivity contribution in [1.29, 1.82) is 0 Å². The summed E-state index contributed by atoms with van der Waals surface area (Å²) in [6, 6.07) is 6.12. The first-order valence-corrected chi connectivity index (χ1v) is 7.03. The van der Waals surface area contributed by atoms with Gasteiger partial charge in [-0.25, -0.2) is 18.0 Å². The van der Waals surface area contributed by atoms with E-state index in [1.165, 1.54) is 12.1 Å². The topological polar surface area (TPSA) is 55.4 Å². The minimum Gasteiger partial charge on any atom is -0.452 e. The third kappa shape index (κ3) is 4.56. The van der Waals surface area contributed by atoms with Crippen LogP contribution >= 0.6 is 15.9 Å². The van der Waals surface area contributed by atoms with Crippen LogP contribution in [0.1, 0.15) is 10.4 Å². The van der Waals surface area contributed by atoms with Crippen molar-refractivity contribution >= 4 is 33.5 Å². The van der Waals surface area contributed by atoms with Crippen LogP contribution in [0.3, 0.4) is 0 Å². The second kappa shape index (κ2) is 7.28. The van der Waals surface area contributed by atoms with Gasteiger partial charge in [-0.3, -0.25) is 4.79 Å². The zero-order valence-corrected chi connectivity index (χ0v) is 13.0. The lowest BCUT2D eigenvalue weighted by Crippen LogP contribution is -2.21. The number of halogens is 4. The van der Waals surface area contributed by atoms with E-state index in [0.29, 0.717) is 6.07 Å². The number of anilines is 1. The van der Waals surface area contributed by atoms with Crippen molar-refractivity contribution in [3.8, 4) is 0 Å². The summed E-state index contributed by atoms with van der Waals surface area (Å²) in [7, 11) is 0. The third-order valence-corrected chi connectivity index (χ3v) is 3.31. The molecule has 2 aromatic carbocycles. The number of esters is 1. The number of hydrogen-bond donors (Lipinski definition) is 1. The van der Waals surface area contributed by atoms with Crippen molar-refractivity contribution in [3.05, 3.63) is 63.9 Å². The second-order valence-electron chi connectivity index (χ2n) is 4.38. The molecule has 8 heteroatoms. The quantitative estimate of drug-likeness (QED) is 0.814. The van der Waals surface area contributed by atoms with Gasteiger partial charge in [0.15, 0.2) is 12.4 Å². The van der Waals surface area contributed by atoms with Crippen LogP contribution in [-0.4, -0.2) is 18.5 Å². The van der Waals surface area contributed by atoms with Crippen molar-refractivity contribution in [2.24, 2.45) is 0 Å². The lowest BCUT2D eigenvalue weighted by Gasteiger charge is -2.09. The molecule has 0 unspecified atom stereocenters. The van der Waals surface area contributed by atoms with Crippen LogP contribution in [0.4, 0.5) is 18.9 Å². The summed E-state index contributed by atoms with van der Waals surface area (Å²) >= 11 is 2.91. The summed E-state index contributed by atoms with van der Waals surface area (Å²) in [4.78, 5) is 23.3. The number of nitrogens with one attached hydrogen (secondary N) is 1. The fourth-order valence-electron chi connectivity index (χ4n) is 1.64. The van der Waals surface area contributed by atoms with Gasteiger partial charge in [0.25, 0.3) is 5.91 Å². The first kappa shape index (κ1) is 17.0. The van der Waals surface area contributed by atoms with Gasteiger partial charge in [-0.15, -0.1) is 0 Å². The lowest BCUT2D eigenvalue weighted by molar-refractivity contribution is -0.119. The minimum atomic E-state index is -0.977.